The zero-order chi connectivity index (χ0) is 11.6. The van der Waals surface area contributed by atoms with Crippen LogP contribution in [0.2, 0.25) is 0 Å². The van der Waals surface area contributed by atoms with Gasteiger partial charge in [-0.25, -0.2) is 0 Å². The second-order valence-corrected chi connectivity index (χ2v) is 5.04. The van der Waals surface area contributed by atoms with Crippen LogP contribution in [0.15, 0.2) is 28.7 Å². The fourth-order valence-electron chi connectivity index (χ4n) is 1.90. The number of aliphatic carboxylic acids is 1. The zero-order valence-electron chi connectivity index (χ0n) is 8.87. The first kappa shape index (κ1) is 11.6. The van der Waals surface area contributed by atoms with Gasteiger partial charge in [0.05, 0.1) is 0 Å². The monoisotopic (exact) mass is 283 g/mol. The van der Waals surface area contributed by atoms with E-state index in [0.29, 0.717) is 6.54 Å². The van der Waals surface area contributed by atoms with Gasteiger partial charge in [-0.1, -0.05) is 34.1 Å². The first-order chi connectivity index (χ1) is 7.64. The third-order valence-corrected chi connectivity index (χ3v) is 3.97. The van der Waals surface area contributed by atoms with E-state index < -0.39 is 11.5 Å². The molecule has 1 aliphatic carbocycles. The van der Waals surface area contributed by atoms with Gasteiger partial charge >= 0.3 is 5.97 Å². The van der Waals surface area contributed by atoms with E-state index in [1.807, 2.05) is 24.3 Å². The van der Waals surface area contributed by atoms with Crippen LogP contribution in [0.25, 0.3) is 0 Å². The van der Waals surface area contributed by atoms with E-state index in [9.17, 15) is 4.79 Å². The van der Waals surface area contributed by atoms with Gasteiger partial charge in [-0.2, -0.15) is 0 Å². The third kappa shape index (κ3) is 2.13. The van der Waals surface area contributed by atoms with Crippen molar-refractivity contribution in [2.45, 2.75) is 31.3 Å². The van der Waals surface area contributed by atoms with Crippen molar-refractivity contribution in [2.75, 3.05) is 0 Å². The molecule has 0 atom stereocenters. The number of nitrogens with one attached hydrogen (secondary N) is 1. The van der Waals surface area contributed by atoms with Crippen molar-refractivity contribution in [1.29, 1.82) is 0 Å². The molecule has 0 saturated heterocycles. The van der Waals surface area contributed by atoms with Crippen LogP contribution in [0, 0.1) is 0 Å². The summed E-state index contributed by atoms with van der Waals surface area (Å²) in [6.07, 6.45) is 2.45. The Morgan fingerprint density at radius 2 is 2.12 bits per heavy atom. The number of hydrogen-bond acceptors (Lipinski definition) is 2. The minimum atomic E-state index is -0.731. The fraction of sp³-hybridized carbons (Fsp3) is 0.417. The number of benzene rings is 1. The molecule has 0 bridgehead atoms. The van der Waals surface area contributed by atoms with Crippen LogP contribution >= 0.6 is 15.9 Å². The molecule has 1 fully saturated rings. The highest BCUT2D eigenvalue weighted by atomic mass is 79.9. The van der Waals surface area contributed by atoms with Crippen molar-refractivity contribution in [3.63, 3.8) is 0 Å². The van der Waals surface area contributed by atoms with Crippen LogP contribution in [0.1, 0.15) is 24.8 Å². The number of hydrogen-bond donors (Lipinski definition) is 2. The van der Waals surface area contributed by atoms with Gasteiger partial charge in [0.1, 0.15) is 5.54 Å². The van der Waals surface area contributed by atoms with Crippen molar-refractivity contribution in [3.8, 4) is 0 Å². The van der Waals surface area contributed by atoms with Crippen molar-refractivity contribution in [3.05, 3.63) is 34.3 Å². The van der Waals surface area contributed by atoms with Crippen LogP contribution in [0.5, 0.6) is 0 Å². The van der Waals surface area contributed by atoms with E-state index in [1.54, 1.807) is 0 Å². The second-order valence-electron chi connectivity index (χ2n) is 4.19. The average molecular weight is 284 g/mol. The van der Waals surface area contributed by atoms with Gasteiger partial charge in [0, 0.05) is 11.0 Å². The fourth-order valence-corrected chi connectivity index (χ4v) is 2.33. The highest BCUT2D eigenvalue weighted by molar-refractivity contribution is 9.10. The van der Waals surface area contributed by atoms with Gasteiger partial charge in [-0.3, -0.25) is 10.1 Å². The SMILES string of the molecule is O=C(O)C1(NCc2ccccc2Br)CCC1. The van der Waals surface area contributed by atoms with Crippen molar-refractivity contribution < 1.29 is 9.90 Å². The van der Waals surface area contributed by atoms with E-state index in [2.05, 4.69) is 21.2 Å². The van der Waals surface area contributed by atoms with Gasteiger partial charge in [0.15, 0.2) is 0 Å². The van der Waals surface area contributed by atoms with Crippen LogP contribution in [0.4, 0.5) is 0 Å². The molecule has 0 aromatic heterocycles. The van der Waals surface area contributed by atoms with E-state index in [4.69, 9.17) is 5.11 Å². The number of carboxylic acid groups (broad SMARTS) is 1. The quantitative estimate of drug-likeness (QED) is 0.893. The van der Waals surface area contributed by atoms with Crippen LogP contribution in [-0.2, 0) is 11.3 Å². The number of carboxylic acids is 1. The normalized spacial score (nSPS) is 17.8. The second kappa shape index (κ2) is 4.55. The van der Waals surface area contributed by atoms with Crippen LogP contribution in [0.3, 0.4) is 0 Å². The Bertz CT molecular complexity index is 402. The Balaban J connectivity index is 2.02. The Morgan fingerprint density at radius 1 is 1.44 bits per heavy atom. The van der Waals surface area contributed by atoms with Crippen LogP contribution < -0.4 is 5.32 Å². The van der Waals surface area contributed by atoms with E-state index in [1.165, 1.54) is 0 Å². The first-order valence-corrected chi connectivity index (χ1v) is 6.15. The van der Waals surface area contributed by atoms with E-state index >= 15 is 0 Å². The molecule has 0 radical (unpaired) electrons. The van der Waals surface area contributed by atoms with Gasteiger partial charge < -0.3 is 5.11 Å². The van der Waals surface area contributed by atoms with Crippen molar-refractivity contribution in [2.24, 2.45) is 0 Å². The molecule has 2 N–H and O–H groups in total. The molecule has 1 aliphatic rings. The van der Waals surface area contributed by atoms with Gasteiger partial charge in [-0.15, -0.1) is 0 Å². The number of halogens is 1. The number of rotatable bonds is 4. The molecule has 0 spiro atoms. The average Bonchev–Trinajstić information content (AvgIpc) is 2.18. The Labute approximate surface area is 103 Å². The highest BCUT2D eigenvalue weighted by Crippen LogP contribution is 2.32. The summed E-state index contributed by atoms with van der Waals surface area (Å²) in [5.74, 6) is -0.731. The lowest BCUT2D eigenvalue weighted by atomic mass is 9.76. The maximum Gasteiger partial charge on any atom is 0.323 e. The maximum atomic E-state index is 11.1. The summed E-state index contributed by atoms with van der Waals surface area (Å²) >= 11 is 3.45. The van der Waals surface area contributed by atoms with E-state index in [-0.39, 0.29) is 0 Å². The molecule has 1 aromatic rings. The molecule has 16 heavy (non-hydrogen) atoms. The standard InChI is InChI=1S/C12H14BrNO2/c13-10-5-2-1-4-9(10)8-14-12(11(15)16)6-3-7-12/h1-2,4-5,14H,3,6-8H2,(H,15,16). The molecule has 2 rings (SSSR count). The minimum Gasteiger partial charge on any atom is -0.480 e. The third-order valence-electron chi connectivity index (χ3n) is 3.19. The zero-order valence-corrected chi connectivity index (χ0v) is 10.5. The lowest BCUT2D eigenvalue weighted by Gasteiger charge is -2.38. The molecule has 4 heteroatoms. The first-order valence-electron chi connectivity index (χ1n) is 5.36. The van der Waals surface area contributed by atoms with Crippen molar-refractivity contribution in [1.82, 2.24) is 5.32 Å². The lowest BCUT2D eigenvalue weighted by molar-refractivity contribution is -0.148. The molecular formula is C12H14BrNO2. The summed E-state index contributed by atoms with van der Waals surface area (Å²) in [5.41, 5.74) is 0.407. The smallest absolute Gasteiger partial charge is 0.323 e. The molecule has 0 amide bonds. The van der Waals surface area contributed by atoms with Crippen LogP contribution in [-0.4, -0.2) is 16.6 Å². The lowest BCUT2D eigenvalue weighted by Crippen LogP contribution is -2.56. The maximum absolute atomic E-state index is 11.1. The summed E-state index contributed by atoms with van der Waals surface area (Å²) in [6, 6.07) is 7.86. The molecule has 1 aromatic carbocycles. The Morgan fingerprint density at radius 3 is 2.62 bits per heavy atom. The van der Waals surface area contributed by atoms with Gasteiger partial charge in [0.2, 0.25) is 0 Å². The van der Waals surface area contributed by atoms with Gasteiger partial charge in [0.25, 0.3) is 0 Å². The molecule has 0 unspecified atom stereocenters. The predicted molar refractivity (Wildman–Crippen MR) is 65.2 cm³/mol. The summed E-state index contributed by atoms with van der Waals surface area (Å²) < 4.78 is 1.02. The molecule has 3 nitrogen and oxygen atoms in total. The molecule has 0 heterocycles. The molecule has 86 valence electrons. The number of carbonyl (C=O) groups is 1. The summed E-state index contributed by atoms with van der Waals surface area (Å²) in [6.45, 7) is 0.591. The molecular weight excluding hydrogens is 270 g/mol. The van der Waals surface area contributed by atoms with Gasteiger partial charge in [-0.05, 0) is 30.9 Å². The predicted octanol–water partition coefficient (Wildman–Crippen LogP) is 2.55. The molecule has 1 saturated carbocycles. The largest absolute Gasteiger partial charge is 0.480 e. The molecule has 0 aliphatic heterocycles. The van der Waals surface area contributed by atoms with E-state index in [0.717, 1.165) is 29.3 Å². The Kier molecular flexibility index (Phi) is 3.30. The summed E-state index contributed by atoms with van der Waals surface area (Å²) in [5, 5.41) is 12.3. The highest BCUT2D eigenvalue weighted by Gasteiger charge is 2.43. The minimum absolute atomic E-state index is 0.591. The van der Waals surface area contributed by atoms with Crippen molar-refractivity contribution >= 4 is 21.9 Å². The summed E-state index contributed by atoms with van der Waals surface area (Å²) in [4.78, 5) is 11.1. The Hall–Kier alpha value is -0.870. The topological polar surface area (TPSA) is 49.3 Å². The summed E-state index contributed by atoms with van der Waals surface area (Å²) in [7, 11) is 0.